The number of carbonyl (C=O) groups is 3. The molecule has 0 radical (unpaired) electrons. The van der Waals surface area contributed by atoms with Crippen LogP contribution in [0.25, 0.3) is 0 Å². The molecule has 0 bridgehead atoms. The summed E-state index contributed by atoms with van der Waals surface area (Å²) in [5.41, 5.74) is -1.43. The summed E-state index contributed by atoms with van der Waals surface area (Å²) in [6.45, 7) is 3.26. The Morgan fingerprint density at radius 2 is 1.91 bits per heavy atom. The van der Waals surface area contributed by atoms with E-state index in [0.29, 0.717) is 0 Å². The van der Waals surface area contributed by atoms with Crippen LogP contribution in [0, 0.1) is 10.1 Å². The summed E-state index contributed by atoms with van der Waals surface area (Å²) in [4.78, 5) is 47.7. The van der Waals surface area contributed by atoms with Crippen molar-refractivity contribution in [2.24, 2.45) is 0 Å². The molecule has 124 valence electrons. The Kier molecular flexibility index (Phi) is 6.76. The van der Waals surface area contributed by atoms with Gasteiger partial charge < -0.3 is 9.47 Å². The number of hydrogen-bond donors (Lipinski definition) is 0. The normalized spacial score (nSPS) is 11.4. The monoisotopic (exact) mass is 388 g/mol. The largest absolute Gasteiger partial charge is 0.465 e. The maximum atomic E-state index is 12.2. The molecule has 1 heterocycles. The second-order valence-corrected chi connectivity index (χ2v) is 4.96. The SMILES string of the molecule is CCOC(=O)c1cnc(C(=O)C(Br)C(=O)OCC)c([N+](=O)[O-])c1. The number of ether oxygens (including phenoxy) is 2. The standard InChI is InChI=1S/C13H13BrN2O7/c1-3-22-12(18)7-5-8(16(20)21)10(15-6-7)11(17)9(14)13(19)23-4-2/h5-6,9H,3-4H2,1-2H3. The van der Waals surface area contributed by atoms with Crippen LogP contribution in [0.15, 0.2) is 12.3 Å². The maximum absolute atomic E-state index is 12.2. The van der Waals surface area contributed by atoms with Gasteiger partial charge >= 0.3 is 11.9 Å². The summed E-state index contributed by atoms with van der Waals surface area (Å²) in [6.07, 6.45) is 0.975. The van der Waals surface area contributed by atoms with Crippen molar-refractivity contribution in [3.05, 3.63) is 33.6 Å². The van der Waals surface area contributed by atoms with E-state index in [0.717, 1.165) is 12.3 Å². The highest BCUT2D eigenvalue weighted by molar-refractivity contribution is 9.10. The first-order valence-electron chi connectivity index (χ1n) is 6.49. The Morgan fingerprint density at radius 1 is 1.30 bits per heavy atom. The lowest BCUT2D eigenvalue weighted by Gasteiger charge is -2.08. The fourth-order valence-corrected chi connectivity index (χ4v) is 1.90. The van der Waals surface area contributed by atoms with Crippen molar-refractivity contribution in [2.75, 3.05) is 13.2 Å². The molecule has 9 nitrogen and oxygen atoms in total. The Labute approximate surface area is 139 Å². The van der Waals surface area contributed by atoms with Crippen molar-refractivity contribution in [1.29, 1.82) is 0 Å². The second-order valence-electron chi connectivity index (χ2n) is 4.05. The van der Waals surface area contributed by atoms with E-state index >= 15 is 0 Å². The first kappa shape index (κ1) is 18.7. The van der Waals surface area contributed by atoms with E-state index in [2.05, 4.69) is 25.7 Å². The van der Waals surface area contributed by atoms with Crippen molar-refractivity contribution in [3.63, 3.8) is 0 Å². The first-order valence-corrected chi connectivity index (χ1v) is 7.41. The van der Waals surface area contributed by atoms with E-state index in [1.165, 1.54) is 0 Å². The Bertz CT molecular complexity index is 647. The van der Waals surface area contributed by atoms with Gasteiger partial charge in [0.05, 0.1) is 23.7 Å². The lowest BCUT2D eigenvalue weighted by Crippen LogP contribution is -2.28. The number of rotatable bonds is 7. The summed E-state index contributed by atoms with van der Waals surface area (Å²) < 4.78 is 9.37. The number of alkyl halides is 1. The highest BCUT2D eigenvalue weighted by atomic mass is 79.9. The predicted octanol–water partition coefficient (Wildman–Crippen LogP) is 1.68. The third-order valence-electron chi connectivity index (χ3n) is 2.53. The summed E-state index contributed by atoms with van der Waals surface area (Å²) >= 11 is 2.82. The number of carbonyl (C=O) groups excluding carboxylic acids is 3. The van der Waals surface area contributed by atoms with Crippen LogP contribution in [0.1, 0.15) is 34.7 Å². The van der Waals surface area contributed by atoms with Gasteiger partial charge in [0.25, 0.3) is 5.69 Å². The van der Waals surface area contributed by atoms with Crippen molar-refractivity contribution in [2.45, 2.75) is 18.7 Å². The molecule has 0 aliphatic heterocycles. The zero-order valence-electron chi connectivity index (χ0n) is 12.3. The third-order valence-corrected chi connectivity index (χ3v) is 3.32. The van der Waals surface area contributed by atoms with Crippen LogP contribution >= 0.6 is 15.9 Å². The average molecular weight is 389 g/mol. The number of aromatic nitrogens is 1. The van der Waals surface area contributed by atoms with Crippen molar-refractivity contribution in [1.82, 2.24) is 4.98 Å². The van der Waals surface area contributed by atoms with Gasteiger partial charge in [-0.05, 0) is 13.8 Å². The molecule has 0 aliphatic carbocycles. The minimum atomic E-state index is -1.43. The molecule has 1 atom stereocenters. The van der Waals surface area contributed by atoms with E-state index in [-0.39, 0.29) is 18.8 Å². The maximum Gasteiger partial charge on any atom is 0.339 e. The van der Waals surface area contributed by atoms with E-state index in [4.69, 9.17) is 4.74 Å². The Hall–Kier alpha value is -2.36. The molecule has 0 N–H and O–H groups in total. The topological polar surface area (TPSA) is 126 Å². The molecular formula is C13H13BrN2O7. The van der Waals surface area contributed by atoms with Gasteiger partial charge in [0.15, 0.2) is 10.5 Å². The number of halogens is 1. The van der Waals surface area contributed by atoms with Gasteiger partial charge in [0.2, 0.25) is 5.78 Å². The number of esters is 2. The number of pyridine rings is 1. The van der Waals surface area contributed by atoms with Gasteiger partial charge in [0, 0.05) is 12.3 Å². The number of ketones is 1. The van der Waals surface area contributed by atoms with Crippen LogP contribution in [0.4, 0.5) is 5.69 Å². The van der Waals surface area contributed by atoms with Crippen molar-refractivity contribution < 1.29 is 28.8 Å². The number of nitrogens with zero attached hydrogens (tertiary/aromatic N) is 2. The van der Waals surface area contributed by atoms with Crippen LogP contribution in [-0.4, -0.2) is 45.7 Å². The van der Waals surface area contributed by atoms with Crippen LogP contribution < -0.4 is 0 Å². The molecule has 0 fully saturated rings. The minimum absolute atomic E-state index is 0.0472. The lowest BCUT2D eigenvalue weighted by atomic mass is 10.1. The molecule has 0 aromatic carbocycles. The van der Waals surface area contributed by atoms with Gasteiger partial charge in [-0.2, -0.15) is 0 Å². The van der Waals surface area contributed by atoms with Gasteiger partial charge in [-0.15, -0.1) is 0 Å². The number of hydrogen-bond acceptors (Lipinski definition) is 8. The molecule has 1 unspecified atom stereocenters. The Balaban J connectivity index is 3.21. The molecule has 0 saturated carbocycles. The van der Waals surface area contributed by atoms with Gasteiger partial charge in [-0.25, -0.2) is 9.78 Å². The molecule has 0 spiro atoms. The first-order chi connectivity index (χ1) is 10.8. The second kappa shape index (κ2) is 8.32. The Morgan fingerprint density at radius 3 is 2.43 bits per heavy atom. The van der Waals surface area contributed by atoms with Gasteiger partial charge in [-0.3, -0.25) is 19.7 Å². The third kappa shape index (κ3) is 4.55. The molecule has 1 rings (SSSR count). The zero-order valence-corrected chi connectivity index (χ0v) is 13.9. The molecule has 23 heavy (non-hydrogen) atoms. The molecule has 1 aromatic rings. The summed E-state index contributed by atoms with van der Waals surface area (Å²) in [7, 11) is 0. The fraction of sp³-hybridized carbons (Fsp3) is 0.385. The highest BCUT2D eigenvalue weighted by Crippen LogP contribution is 2.22. The molecule has 0 amide bonds. The number of Topliss-reactive ketones (excluding diaryl/α,β-unsaturated/α-hetero) is 1. The van der Waals surface area contributed by atoms with E-state index in [1.807, 2.05) is 0 Å². The molecule has 10 heteroatoms. The zero-order chi connectivity index (χ0) is 17.6. The summed E-state index contributed by atoms with van der Waals surface area (Å²) in [5, 5.41) is 11.1. The number of nitro groups is 1. The smallest absolute Gasteiger partial charge is 0.339 e. The quantitative estimate of drug-likeness (QED) is 0.172. The minimum Gasteiger partial charge on any atom is -0.465 e. The van der Waals surface area contributed by atoms with Crippen LogP contribution in [-0.2, 0) is 14.3 Å². The van der Waals surface area contributed by atoms with Crippen LogP contribution in [0.5, 0.6) is 0 Å². The predicted molar refractivity (Wildman–Crippen MR) is 80.5 cm³/mol. The van der Waals surface area contributed by atoms with E-state index in [9.17, 15) is 24.5 Å². The van der Waals surface area contributed by atoms with E-state index in [1.54, 1.807) is 13.8 Å². The van der Waals surface area contributed by atoms with Gasteiger partial charge in [0.1, 0.15) is 0 Å². The molecular weight excluding hydrogens is 376 g/mol. The summed E-state index contributed by atoms with van der Waals surface area (Å²) in [5.74, 6) is -2.63. The van der Waals surface area contributed by atoms with Crippen molar-refractivity contribution >= 4 is 39.3 Å². The molecule has 0 saturated heterocycles. The fourth-order valence-electron chi connectivity index (χ4n) is 1.55. The average Bonchev–Trinajstić information content (AvgIpc) is 2.53. The van der Waals surface area contributed by atoms with Crippen LogP contribution in [0.2, 0.25) is 0 Å². The molecule has 1 aromatic heterocycles. The van der Waals surface area contributed by atoms with E-state index < -0.39 is 38.9 Å². The molecule has 0 aliphatic rings. The lowest BCUT2D eigenvalue weighted by molar-refractivity contribution is -0.385. The highest BCUT2D eigenvalue weighted by Gasteiger charge is 2.33. The summed E-state index contributed by atoms with van der Waals surface area (Å²) in [6, 6.07) is 0.878. The van der Waals surface area contributed by atoms with Crippen molar-refractivity contribution in [3.8, 4) is 0 Å². The van der Waals surface area contributed by atoms with Gasteiger partial charge in [-0.1, -0.05) is 15.9 Å². The van der Waals surface area contributed by atoms with Crippen LogP contribution in [0.3, 0.4) is 0 Å².